The summed E-state index contributed by atoms with van der Waals surface area (Å²) in [4.78, 5) is 0. The Morgan fingerprint density at radius 1 is 0.350 bits per heavy atom. The highest BCUT2D eigenvalue weighted by atomic mass is 13.9. The van der Waals surface area contributed by atoms with Crippen molar-refractivity contribution in [1.82, 2.24) is 0 Å². The Kier molecular flexibility index (Phi) is 21.5. The molecule has 0 N–H and O–H groups in total. The van der Waals surface area contributed by atoms with Crippen molar-refractivity contribution in [1.29, 1.82) is 0 Å². The Morgan fingerprint density at radius 2 is 0.625 bits per heavy atom. The molecule has 0 nitrogen and oxygen atoms in total. The zero-order valence-corrected chi connectivity index (χ0v) is 27.2. The van der Waals surface area contributed by atoms with Crippen LogP contribution in [0.4, 0.5) is 0 Å². The fourth-order valence-electron chi connectivity index (χ4n) is 3.41. The molecule has 0 aliphatic carbocycles. The van der Waals surface area contributed by atoms with Crippen molar-refractivity contribution in [2.75, 3.05) is 0 Å². The molecule has 0 heterocycles. The fraction of sp³-hybridized carbons (Fsp3) is 0.350. The molecule has 0 heteroatoms. The molecule has 0 aromatic heterocycles. The molecule has 40 heavy (non-hydrogen) atoms. The molecule has 0 aromatic rings. The Balaban J connectivity index is 4.70. The molecular formula is C40H56. The monoisotopic (exact) mass is 536 g/mol. The first-order valence-corrected chi connectivity index (χ1v) is 14.7. The minimum Gasteiger partial charge on any atom is -0.0856 e. The molecule has 0 aliphatic rings. The summed E-state index contributed by atoms with van der Waals surface area (Å²) >= 11 is 0. The Labute approximate surface area is 248 Å². The van der Waals surface area contributed by atoms with Gasteiger partial charge in [-0.3, -0.25) is 0 Å². The second-order valence-electron chi connectivity index (χ2n) is 11.1. The van der Waals surface area contributed by atoms with E-state index < -0.39 is 0 Å². The summed E-state index contributed by atoms with van der Waals surface area (Å²) in [7, 11) is 0. The van der Waals surface area contributed by atoms with Gasteiger partial charge < -0.3 is 0 Å². The van der Waals surface area contributed by atoms with Gasteiger partial charge in [0.1, 0.15) is 0 Å². The van der Waals surface area contributed by atoms with E-state index in [2.05, 4.69) is 179 Å². The highest BCUT2D eigenvalue weighted by Gasteiger charge is 1.88. The van der Waals surface area contributed by atoms with Crippen molar-refractivity contribution in [3.63, 3.8) is 0 Å². The second-order valence-corrected chi connectivity index (χ2v) is 11.1. The Morgan fingerprint density at radius 3 is 0.925 bits per heavy atom. The summed E-state index contributed by atoms with van der Waals surface area (Å²) in [6, 6.07) is 0. The molecule has 216 valence electrons. The van der Waals surface area contributed by atoms with Crippen LogP contribution < -0.4 is 0 Å². The molecule has 0 spiro atoms. The van der Waals surface area contributed by atoms with E-state index in [1.54, 1.807) is 0 Å². The molecule has 0 amide bonds. The van der Waals surface area contributed by atoms with Crippen LogP contribution in [0.3, 0.4) is 0 Å². The first kappa shape index (κ1) is 36.6. The minimum atomic E-state index is 1.12. The average Bonchev–Trinajstić information content (AvgIpc) is 2.86. The summed E-state index contributed by atoms with van der Waals surface area (Å²) in [6.07, 6.45) is 43.3. The molecule has 0 saturated heterocycles. The van der Waals surface area contributed by atoms with Gasteiger partial charge in [0.15, 0.2) is 0 Å². The largest absolute Gasteiger partial charge is 0.0856 e. The topological polar surface area (TPSA) is 0 Å². The van der Waals surface area contributed by atoms with Crippen LogP contribution >= 0.6 is 0 Å². The zero-order chi connectivity index (χ0) is 30.2. The van der Waals surface area contributed by atoms with Gasteiger partial charge in [0, 0.05) is 0 Å². The van der Waals surface area contributed by atoms with Crippen LogP contribution in [0.5, 0.6) is 0 Å². The van der Waals surface area contributed by atoms with E-state index in [4.69, 9.17) is 0 Å². The number of allylic oxidation sites excluding steroid dienone is 26. The first-order chi connectivity index (χ1) is 19.0. The van der Waals surface area contributed by atoms with Crippen LogP contribution in [-0.4, -0.2) is 0 Å². The summed E-state index contributed by atoms with van der Waals surface area (Å²) < 4.78 is 0. The van der Waals surface area contributed by atoms with Gasteiger partial charge in [-0.05, 0) is 94.9 Å². The molecule has 0 radical (unpaired) electrons. The van der Waals surface area contributed by atoms with Crippen molar-refractivity contribution in [3.8, 4) is 0 Å². The van der Waals surface area contributed by atoms with Crippen LogP contribution in [0.15, 0.2) is 154 Å². The van der Waals surface area contributed by atoms with E-state index in [0.717, 1.165) is 25.7 Å². The average molecular weight is 537 g/mol. The highest BCUT2D eigenvalue weighted by Crippen LogP contribution is 2.09. The normalized spacial score (nSPS) is 15.1. The molecule has 0 aromatic carbocycles. The number of hydrogen-bond acceptors (Lipinski definition) is 0. The lowest BCUT2D eigenvalue weighted by atomic mass is 10.1. The first-order valence-electron chi connectivity index (χ1n) is 14.7. The van der Waals surface area contributed by atoms with Crippen molar-refractivity contribution in [2.45, 2.75) is 94.9 Å². The summed E-state index contributed by atoms with van der Waals surface area (Å²) in [5.41, 5.74) is 10.5. The van der Waals surface area contributed by atoms with Gasteiger partial charge in [-0.15, -0.1) is 0 Å². The van der Waals surface area contributed by atoms with E-state index >= 15 is 0 Å². The van der Waals surface area contributed by atoms with Gasteiger partial charge in [-0.25, -0.2) is 0 Å². The van der Waals surface area contributed by atoms with Gasteiger partial charge in [0.2, 0.25) is 0 Å². The molecular weight excluding hydrogens is 480 g/mol. The van der Waals surface area contributed by atoms with Crippen molar-refractivity contribution in [2.24, 2.45) is 0 Å². The Bertz CT molecular complexity index is 1050. The van der Waals surface area contributed by atoms with Gasteiger partial charge in [-0.2, -0.15) is 0 Å². The minimum absolute atomic E-state index is 1.12. The maximum absolute atomic E-state index is 2.30. The third-order valence-corrected chi connectivity index (χ3v) is 5.93. The van der Waals surface area contributed by atoms with E-state index in [1.165, 1.54) is 44.6 Å². The molecule has 0 unspecified atom stereocenters. The lowest BCUT2D eigenvalue weighted by Crippen LogP contribution is -1.76. The third-order valence-electron chi connectivity index (χ3n) is 5.93. The van der Waals surface area contributed by atoms with Crippen molar-refractivity contribution >= 4 is 0 Å². The van der Waals surface area contributed by atoms with E-state index in [9.17, 15) is 0 Å². The van der Waals surface area contributed by atoms with E-state index in [0.29, 0.717) is 0 Å². The smallest absolute Gasteiger partial charge is 0.0285 e. The van der Waals surface area contributed by atoms with E-state index in [1.807, 2.05) is 0 Å². The van der Waals surface area contributed by atoms with Crippen LogP contribution in [-0.2, 0) is 0 Å². The maximum Gasteiger partial charge on any atom is -0.0285 e. The lowest BCUT2D eigenvalue weighted by Gasteiger charge is -1.96. The van der Waals surface area contributed by atoms with Gasteiger partial charge in [0.05, 0.1) is 0 Å². The number of hydrogen-bond donors (Lipinski definition) is 0. The predicted molar refractivity (Wildman–Crippen MR) is 186 cm³/mol. The SMILES string of the molecule is CC(C)=CCC\C(C)=C/C=C/C(C)=C\C=C\C(C)=C/C=C/C=C(C)/C=C/C=C(C)\C=C\C=C(\C)CCC=C(C)C. The molecule has 0 aliphatic heterocycles. The molecule has 0 saturated carbocycles. The highest BCUT2D eigenvalue weighted by molar-refractivity contribution is 5.32. The molecule has 0 atom stereocenters. The lowest BCUT2D eigenvalue weighted by molar-refractivity contribution is 0.967. The summed E-state index contributed by atoms with van der Waals surface area (Å²) in [5.74, 6) is 0. The predicted octanol–water partition coefficient (Wildman–Crippen LogP) is 12.9. The summed E-state index contributed by atoms with van der Waals surface area (Å²) in [5, 5.41) is 0. The quantitative estimate of drug-likeness (QED) is 0.136. The second kappa shape index (κ2) is 23.5. The van der Waals surface area contributed by atoms with Crippen LogP contribution in [0, 0.1) is 0 Å². The standard InChI is InChI=1S/C40H56/c1-33(2)19-13-23-37(7)27-17-31-39(9)29-15-25-35(5)21-11-12-22-36(6)26-16-30-40(10)32-18-28-38(8)24-14-20-34(3)4/h11-12,15-22,25-32H,13-14,23-24H2,1-10H3/b12-11+,25-15+,26-16+,31-17+,32-18+,35-21-,36-22+,37-27-,38-28-,39-29-,40-30-. The van der Waals surface area contributed by atoms with Crippen molar-refractivity contribution in [3.05, 3.63) is 154 Å². The maximum atomic E-state index is 2.30. The molecule has 0 rings (SSSR count). The number of rotatable bonds is 16. The fourth-order valence-corrected chi connectivity index (χ4v) is 3.41. The van der Waals surface area contributed by atoms with E-state index in [-0.39, 0.29) is 0 Å². The van der Waals surface area contributed by atoms with Gasteiger partial charge in [-0.1, -0.05) is 154 Å². The third kappa shape index (κ3) is 24.9. The Hall–Kier alpha value is -3.38. The van der Waals surface area contributed by atoms with Gasteiger partial charge >= 0.3 is 0 Å². The zero-order valence-electron chi connectivity index (χ0n) is 27.2. The van der Waals surface area contributed by atoms with Crippen LogP contribution in [0.2, 0.25) is 0 Å². The van der Waals surface area contributed by atoms with Crippen LogP contribution in [0.1, 0.15) is 94.9 Å². The summed E-state index contributed by atoms with van der Waals surface area (Å²) in [6.45, 7) is 21.5. The molecule has 0 bridgehead atoms. The molecule has 0 fully saturated rings. The van der Waals surface area contributed by atoms with Gasteiger partial charge in [0.25, 0.3) is 0 Å². The van der Waals surface area contributed by atoms with Crippen molar-refractivity contribution < 1.29 is 0 Å². The van der Waals surface area contributed by atoms with Crippen LogP contribution in [0.25, 0.3) is 0 Å².